The molecule has 0 saturated heterocycles. The van der Waals surface area contributed by atoms with Crippen LogP contribution in [0.15, 0.2) is 85.7 Å². The van der Waals surface area contributed by atoms with Crippen LogP contribution >= 0.6 is 0 Å². The molecule has 4 aromatic rings. The number of benzene rings is 3. The third kappa shape index (κ3) is 9.97. The Balaban J connectivity index is 1.60. The summed E-state index contributed by atoms with van der Waals surface area (Å²) in [5.74, 6) is -1.63. The summed E-state index contributed by atoms with van der Waals surface area (Å²) in [5.41, 5.74) is 3.15. The molecule has 3 aromatic carbocycles. The minimum absolute atomic E-state index is 0.0137. The molecule has 266 valence electrons. The van der Waals surface area contributed by atoms with Crippen molar-refractivity contribution in [2.24, 2.45) is 0 Å². The van der Waals surface area contributed by atoms with E-state index in [0.29, 0.717) is 30.6 Å². The summed E-state index contributed by atoms with van der Waals surface area (Å²) in [7, 11) is 0. The second kappa shape index (κ2) is 17.3. The van der Waals surface area contributed by atoms with Crippen molar-refractivity contribution in [2.75, 3.05) is 37.6 Å². The van der Waals surface area contributed by atoms with E-state index in [1.807, 2.05) is 43.0 Å². The minimum atomic E-state index is -4.44. The minimum Gasteiger partial charge on any atom is -0.359 e. The molecule has 50 heavy (non-hydrogen) atoms. The normalized spacial score (nSPS) is 12.2. The number of hydrogen-bond acceptors (Lipinski definition) is 5. The van der Waals surface area contributed by atoms with Gasteiger partial charge < -0.3 is 14.7 Å². The number of aromatic nitrogens is 2. The maximum atomic E-state index is 14.5. The van der Waals surface area contributed by atoms with E-state index in [4.69, 9.17) is 0 Å². The van der Waals surface area contributed by atoms with Crippen LogP contribution in [-0.4, -0.2) is 64.4 Å². The lowest BCUT2D eigenvalue weighted by Gasteiger charge is -2.35. The molecule has 1 amide bonds. The Morgan fingerprint density at radius 3 is 2.18 bits per heavy atom. The van der Waals surface area contributed by atoms with Gasteiger partial charge in [-0.3, -0.25) is 4.79 Å². The Morgan fingerprint density at radius 2 is 1.56 bits per heavy atom. The number of para-hydroxylation sites is 1. The molecule has 0 aliphatic rings. The zero-order chi connectivity index (χ0) is 36.4. The maximum absolute atomic E-state index is 14.5. The van der Waals surface area contributed by atoms with Crippen LogP contribution in [0.25, 0.3) is 17.0 Å². The Bertz CT molecular complexity index is 1720. The van der Waals surface area contributed by atoms with Crippen molar-refractivity contribution in [3.8, 4) is 11.4 Å². The summed E-state index contributed by atoms with van der Waals surface area (Å²) < 4.78 is 67.6. The number of carbonyl (C=O) groups excluding carboxylic acids is 1. The summed E-state index contributed by atoms with van der Waals surface area (Å²) in [6.45, 7) is 15.1. The van der Waals surface area contributed by atoms with Crippen LogP contribution in [0.5, 0.6) is 0 Å². The largest absolute Gasteiger partial charge is 0.416 e. The van der Waals surface area contributed by atoms with Gasteiger partial charge >= 0.3 is 6.18 Å². The number of nitrogens with zero attached hydrogens (tertiary/aromatic N) is 5. The van der Waals surface area contributed by atoms with Crippen LogP contribution in [0.3, 0.4) is 0 Å². The number of halogens is 5. The molecule has 0 aliphatic carbocycles. The lowest BCUT2D eigenvalue weighted by Crippen LogP contribution is -2.46. The van der Waals surface area contributed by atoms with Crippen LogP contribution in [0, 0.1) is 11.6 Å². The van der Waals surface area contributed by atoms with Crippen molar-refractivity contribution >= 4 is 17.2 Å². The third-order valence-corrected chi connectivity index (χ3v) is 8.86. The van der Waals surface area contributed by atoms with E-state index in [1.165, 1.54) is 18.2 Å². The first kappa shape index (κ1) is 38.2. The number of alkyl halides is 3. The number of amides is 1. The molecular formula is C39H44F5N5O. The van der Waals surface area contributed by atoms with E-state index in [1.54, 1.807) is 23.4 Å². The van der Waals surface area contributed by atoms with Crippen molar-refractivity contribution in [1.29, 1.82) is 0 Å². The van der Waals surface area contributed by atoms with E-state index in [9.17, 15) is 26.7 Å². The molecule has 1 atom stereocenters. The fraction of sp³-hybridized carbons (Fsp3) is 0.359. The molecule has 1 heterocycles. The summed E-state index contributed by atoms with van der Waals surface area (Å²) in [6, 6.07) is 16.3. The first-order valence-corrected chi connectivity index (χ1v) is 16.7. The lowest BCUT2D eigenvalue weighted by molar-refractivity contribution is -0.137. The van der Waals surface area contributed by atoms with Crippen molar-refractivity contribution in [2.45, 2.75) is 59.3 Å². The predicted octanol–water partition coefficient (Wildman–Crippen LogP) is 8.67. The average molecular weight is 694 g/mol. The van der Waals surface area contributed by atoms with Crippen LogP contribution in [0.1, 0.15) is 56.4 Å². The molecular weight excluding hydrogens is 649 g/mol. The Hall–Kier alpha value is -4.64. The van der Waals surface area contributed by atoms with Gasteiger partial charge in [0.2, 0.25) is 5.91 Å². The van der Waals surface area contributed by atoms with Gasteiger partial charge in [0, 0.05) is 60.4 Å². The number of allylic oxidation sites excluding steroid dienone is 1. The van der Waals surface area contributed by atoms with E-state index in [0.717, 1.165) is 48.1 Å². The molecule has 11 heteroatoms. The SMILES string of the molecule is C=C(C)c1ccccc1N(CC(=O)N(CCN(CC)CC)Cc1cnc(-c2ccc(C(F)(F)F)cc2)nc1)C(C)CCc1cccc(F)c1F. The zero-order valence-electron chi connectivity index (χ0n) is 29.0. The quantitative estimate of drug-likeness (QED) is 0.110. The van der Waals surface area contributed by atoms with Gasteiger partial charge in [0.1, 0.15) is 0 Å². The van der Waals surface area contributed by atoms with Gasteiger partial charge in [-0.1, -0.05) is 62.9 Å². The molecule has 0 fully saturated rings. The molecule has 0 aliphatic heterocycles. The molecule has 0 N–H and O–H groups in total. The molecule has 1 aromatic heterocycles. The maximum Gasteiger partial charge on any atom is 0.416 e. The van der Waals surface area contributed by atoms with Crippen molar-refractivity contribution in [1.82, 2.24) is 19.8 Å². The second-order valence-corrected chi connectivity index (χ2v) is 12.4. The third-order valence-electron chi connectivity index (χ3n) is 8.86. The standard InChI is InChI=1S/C39H44F5N5O/c1-6-47(7-2)21-22-48(25-29-23-45-38(46-24-29)31-17-19-32(20-18-31)39(42,43)44)36(50)26-49(35-14-9-8-12-33(35)27(3)4)28(5)15-16-30-11-10-13-34(40)37(30)41/h8-14,17-20,23-24,28H,3,6-7,15-16,21-22,25-26H2,1-2,4-5H3. The monoisotopic (exact) mass is 693 g/mol. The van der Waals surface area contributed by atoms with E-state index < -0.39 is 23.4 Å². The Labute approximate surface area is 291 Å². The number of hydrogen-bond donors (Lipinski definition) is 0. The van der Waals surface area contributed by atoms with Crippen LogP contribution in [0.2, 0.25) is 0 Å². The lowest BCUT2D eigenvalue weighted by atomic mass is 10.0. The second-order valence-electron chi connectivity index (χ2n) is 12.4. The van der Waals surface area contributed by atoms with Crippen molar-refractivity contribution < 1.29 is 26.7 Å². The Kier molecular flexibility index (Phi) is 13.2. The highest BCUT2D eigenvalue weighted by Gasteiger charge is 2.30. The van der Waals surface area contributed by atoms with Gasteiger partial charge in [-0.2, -0.15) is 13.2 Å². The number of anilines is 1. The Morgan fingerprint density at radius 1 is 0.900 bits per heavy atom. The summed E-state index contributed by atoms with van der Waals surface area (Å²) in [4.78, 5) is 29.0. The van der Waals surface area contributed by atoms with Crippen molar-refractivity contribution in [3.63, 3.8) is 0 Å². The highest BCUT2D eigenvalue weighted by molar-refractivity contribution is 5.84. The summed E-state index contributed by atoms with van der Waals surface area (Å²) in [5, 5.41) is 0. The van der Waals surface area contributed by atoms with Gasteiger partial charge in [-0.25, -0.2) is 18.7 Å². The first-order chi connectivity index (χ1) is 23.8. The topological polar surface area (TPSA) is 52.6 Å². The van der Waals surface area contributed by atoms with Gasteiger partial charge in [-0.05, 0) is 75.2 Å². The highest BCUT2D eigenvalue weighted by atomic mass is 19.4. The van der Waals surface area contributed by atoms with E-state index in [-0.39, 0.29) is 42.8 Å². The predicted molar refractivity (Wildman–Crippen MR) is 188 cm³/mol. The highest BCUT2D eigenvalue weighted by Crippen LogP contribution is 2.31. The van der Waals surface area contributed by atoms with Crippen molar-refractivity contribution in [3.05, 3.63) is 120 Å². The van der Waals surface area contributed by atoms with Gasteiger partial charge in [0.15, 0.2) is 17.5 Å². The van der Waals surface area contributed by atoms with E-state index in [2.05, 4.69) is 35.3 Å². The molecule has 0 radical (unpaired) electrons. The van der Waals surface area contributed by atoms with Gasteiger partial charge in [0.25, 0.3) is 0 Å². The molecule has 4 rings (SSSR count). The molecule has 0 saturated carbocycles. The van der Waals surface area contributed by atoms with Crippen LogP contribution in [0.4, 0.5) is 27.6 Å². The molecule has 1 unspecified atom stereocenters. The number of likely N-dealkylation sites (N-methyl/N-ethyl adjacent to an activating group) is 1. The summed E-state index contributed by atoms with van der Waals surface area (Å²) >= 11 is 0. The van der Waals surface area contributed by atoms with Crippen LogP contribution < -0.4 is 4.90 Å². The van der Waals surface area contributed by atoms with E-state index >= 15 is 0 Å². The van der Waals surface area contributed by atoms with Crippen LogP contribution in [-0.2, 0) is 23.9 Å². The molecule has 0 spiro atoms. The summed E-state index contributed by atoms with van der Waals surface area (Å²) in [6.07, 6.45) is -0.538. The number of rotatable bonds is 16. The fourth-order valence-corrected chi connectivity index (χ4v) is 5.78. The average Bonchev–Trinajstić information content (AvgIpc) is 3.10. The zero-order valence-corrected chi connectivity index (χ0v) is 29.0. The first-order valence-electron chi connectivity index (χ1n) is 16.7. The number of aryl methyl sites for hydroxylation is 1. The smallest absolute Gasteiger partial charge is 0.359 e. The molecule has 6 nitrogen and oxygen atoms in total. The van der Waals surface area contributed by atoms with Gasteiger partial charge in [-0.15, -0.1) is 0 Å². The number of carbonyl (C=O) groups is 1. The molecule has 0 bridgehead atoms. The van der Waals surface area contributed by atoms with Gasteiger partial charge in [0.05, 0.1) is 12.1 Å². The fourth-order valence-electron chi connectivity index (χ4n) is 5.78.